The summed E-state index contributed by atoms with van der Waals surface area (Å²) < 4.78 is 37.2. The molecule has 1 aromatic rings. The van der Waals surface area contributed by atoms with Crippen LogP contribution in [0, 0.1) is 6.92 Å². The smallest absolute Gasteiger partial charge is 0.233 e. The van der Waals surface area contributed by atoms with Crippen LogP contribution in [0.1, 0.15) is 5.56 Å². The van der Waals surface area contributed by atoms with E-state index in [1.165, 1.54) is 12.1 Å². The molecule has 15 heavy (non-hydrogen) atoms. The Balaban J connectivity index is 3.31. The van der Waals surface area contributed by atoms with Gasteiger partial charge >= 0.3 is 0 Å². The molecule has 0 aromatic heterocycles. The Hall–Kier alpha value is -0.590. The van der Waals surface area contributed by atoms with Gasteiger partial charge in [-0.2, -0.15) is 8.42 Å². The molecule has 0 radical (unpaired) electrons. The predicted molar refractivity (Wildman–Crippen MR) is 60.7 cm³/mol. The standard InChI is InChI=1S/C8H10ClNO3S2/c1-7-3-5-8(6-4-7)15(12,13)10-14(2,9)11/h3-6H,1-2H3/t14-/m1/s1. The van der Waals surface area contributed by atoms with Crippen LogP contribution in [0.4, 0.5) is 0 Å². The van der Waals surface area contributed by atoms with Gasteiger partial charge in [0, 0.05) is 6.26 Å². The molecule has 84 valence electrons. The molecule has 0 fully saturated rings. The van der Waals surface area contributed by atoms with Crippen LogP contribution in [0.15, 0.2) is 32.9 Å². The molecular weight excluding hydrogens is 258 g/mol. The number of nitrogens with zero attached hydrogens (tertiary/aromatic N) is 1. The first-order valence-electron chi connectivity index (χ1n) is 3.95. The lowest BCUT2D eigenvalue weighted by atomic mass is 10.2. The van der Waals surface area contributed by atoms with Crippen molar-refractivity contribution in [1.82, 2.24) is 0 Å². The average Bonchev–Trinajstić information content (AvgIpc) is 2.00. The molecule has 7 heteroatoms. The Labute approximate surface area is 94.0 Å². The lowest BCUT2D eigenvalue weighted by molar-refractivity contribution is 0.598. The third kappa shape index (κ3) is 3.81. The van der Waals surface area contributed by atoms with Crippen LogP contribution in [0.25, 0.3) is 0 Å². The number of sulfonamides is 1. The fraction of sp³-hybridized carbons (Fsp3) is 0.250. The van der Waals surface area contributed by atoms with Gasteiger partial charge in [0.15, 0.2) is 0 Å². The van der Waals surface area contributed by atoms with Gasteiger partial charge in [-0.3, -0.25) is 0 Å². The highest BCUT2D eigenvalue weighted by molar-refractivity contribution is 8.18. The summed E-state index contributed by atoms with van der Waals surface area (Å²) in [4.78, 5) is -0.0108. The summed E-state index contributed by atoms with van der Waals surface area (Å²) in [6, 6.07) is 6.06. The number of rotatable bonds is 2. The van der Waals surface area contributed by atoms with E-state index in [0.717, 1.165) is 11.8 Å². The number of hydrogen-bond donors (Lipinski definition) is 0. The molecule has 0 saturated heterocycles. The lowest BCUT2D eigenvalue weighted by Crippen LogP contribution is -1.99. The first-order valence-corrected chi connectivity index (χ1v) is 8.14. The van der Waals surface area contributed by atoms with E-state index in [4.69, 9.17) is 10.7 Å². The van der Waals surface area contributed by atoms with E-state index in [1.54, 1.807) is 12.1 Å². The minimum absolute atomic E-state index is 0.0108. The Morgan fingerprint density at radius 2 is 1.60 bits per heavy atom. The largest absolute Gasteiger partial charge is 0.291 e. The molecule has 0 saturated carbocycles. The van der Waals surface area contributed by atoms with Crippen molar-refractivity contribution in [1.29, 1.82) is 0 Å². The summed E-state index contributed by atoms with van der Waals surface area (Å²) in [7, 11) is -1.82. The predicted octanol–water partition coefficient (Wildman–Crippen LogP) is 1.94. The number of aryl methyl sites for hydroxylation is 1. The van der Waals surface area contributed by atoms with Gasteiger partial charge in [-0.1, -0.05) is 21.5 Å². The van der Waals surface area contributed by atoms with Gasteiger partial charge < -0.3 is 0 Å². The van der Waals surface area contributed by atoms with Gasteiger partial charge in [-0.05, 0) is 29.7 Å². The molecule has 1 atom stereocenters. The van der Waals surface area contributed by atoms with Crippen molar-refractivity contribution in [3.05, 3.63) is 29.8 Å². The average molecular weight is 268 g/mol. The second-order valence-electron chi connectivity index (χ2n) is 3.07. The molecule has 4 nitrogen and oxygen atoms in total. The summed E-state index contributed by atoms with van der Waals surface area (Å²) in [5, 5.41) is 0. The minimum atomic E-state index is -3.92. The Morgan fingerprint density at radius 1 is 1.13 bits per heavy atom. The van der Waals surface area contributed by atoms with Gasteiger partial charge in [0.2, 0.25) is 0 Å². The fourth-order valence-corrected chi connectivity index (χ4v) is 3.82. The van der Waals surface area contributed by atoms with Gasteiger partial charge in [-0.15, -0.1) is 0 Å². The normalized spacial score (nSPS) is 15.7. The van der Waals surface area contributed by atoms with E-state index in [-0.39, 0.29) is 4.90 Å². The zero-order valence-electron chi connectivity index (χ0n) is 8.18. The van der Waals surface area contributed by atoms with Crippen LogP contribution in [-0.4, -0.2) is 18.9 Å². The van der Waals surface area contributed by atoms with Crippen molar-refractivity contribution in [2.45, 2.75) is 11.8 Å². The van der Waals surface area contributed by atoms with Gasteiger partial charge in [0.25, 0.3) is 10.0 Å². The maximum Gasteiger partial charge on any atom is 0.291 e. The van der Waals surface area contributed by atoms with Gasteiger partial charge in [-0.25, -0.2) is 4.21 Å². The number of hydrogen-bond acceptors (Lipinski definition) is 3. The molecule has 0 aliphatic carbocycles. The summed E-state index contributed by atoms with van der Waals surface area (Å²) in [6.07, 6.45) is 1.06. The number of benzene rings is 1. The van der Waals surface area contributed by atoms with Crippen LogP contribution < -0.4 is 0 Å². The first kappa shape index (κ1) is 12.5. The Morgan fingerprint density at radius 3 is 2.00 bits per heavy atom. The molecule has 1 aromatic carbocycles. The fourth-order valence-electron chi connectivity index (χ4n) is 0.929. The molecule has 0 heterocycles. The van der Waals surface area contributed by atoms with Crippen LogP contribution in [0.2, 0.25) is 0 Å². The summed E-state index contributed by atoms with van der Waals surface area (Å²) >= 11 is 0. The molecule has 0 amide bonds. The Bertz CT molecular complexity index is 560. The maximum atomic E-state index is 11.5. The van der Waals surface area contributed by atoms with Crippen molar-refractivity contribution in [2.75, 3.05) is 6.26 Å². The highest BCUT2D eigenvalue weighted by atomic mass is 35.7. The molecule has 0 aliphatic rings. The monoisotopic (exact) mass is 267 g/mol. The van der Waals surface area contributed by atoms with E-state index in [9.17, 15) is 12.6 Å². The zero-order chi connectivity index (χ0) is 11.7. The van der Waals surface area contributed by atoms with E-state index < -0.39 is 19.0 Å². The number of halogens is 1. The molecule has 0 unspecified atom stereocenters. The van der Waals surface area contributed by atoms with E-state index in [1.807, 2.05) is 6.92 Å². The zero-order valence-corrected chi connectivity index (χ0v) is 10.6. The van der Waals surface area contributed by atoms with Crippen LogP contribution in [-0.2, 0) is 19.0 Å². The molecular formula is C8H10ClNO3S2. The van der Waals surface area contributed by atoms with Crippen molar-refractivity contribution < 1.29 is 12.6 Å². The first-order chi connectivity index (χ1) is 6.71. The van der Waals surface area contributed by atoms with Crippen molar-refractivity contribution in [3.63, 3.8) is 0 Å². The van der Waals surface area contributed by atoms with E-state index in [2.05, 4.69) is 3.77 Å². The van der Waals surface area contributed by atoms with Crippen LogP contribution in [0.3, 0.4) is 0 Å². The summed E-state index contributed by atoms with van der Waals surface area (Å²) in [5.41, 5.74) is 0.928. The van der Waals surface area contributed by atoms with Crippen molar-refractivity contribution >= 4 is 29.6 Å². The van der Waals surface area contributed by atoms with Crippen molar-refractivity contribution in [3.8, 4) is 0 Å². The third-order valence-electron chi connectivity index (χ3n) is 1.55. The summed E-state index contributed by atoms with van der Waals surface area (Å²) in [5.74, 6) is 0. The quantitative estimate of drug-likeness (QED) is 0.769. The topological polar surface area (TPSA) is 63.6 Å². The molecule has 0 spiro atoms. The highest BCUT2D eigenvalue weighted by Gasteiger charge is 2.14. The molecule has 0 bridgehead atoms. The minimum Gasteiger partial charge on any atom is -0.233 e. The van der Waals surface area contributed by atoms with E-state index in [0.29, 0.717) is 0 Å². The second kappa shape index (κ2) is 4.11. The van der Waals surface area contributed by atoms with Gasteiger partial charge in [0.05, 0.1) is 4.90 Å². The van der Waals surface area contributed by atoms with Crippen LogP contribution in [0.5, 0.6) is 0 Å². The SMILES string of the molecule is Cc1ccc(S(=O)(=O)N=[S@](C)(=O)Cl)cc1. The second-order valence-corrected chi connectivity index (χ2v) is 8.23. The highest BCUT2D eigenvalue weighted by Crippen LogP contribution is 2.15. The third-order valence-corrected chi connectivity index (χ3v) is 4.78. The lowest BCUT2D eigenvalue weighted by Gasteiger charge is -1.99. The Kier molecular flexibility index (Phi) is 3.42. The molecule has 1 rings (SSSR count). The van der Waals surface area contributed by atoms with E-state index >= 15 is 0 Å². The maximum absolute atomic E-state index is 11.5. The van der Waals surface area contributed by atoms with Crippen LogP contribution >= 0.6 is 10.7 Å². The molecule has 0 aliphatic heterocycles. The molecule has 0 N–H and O–H groups in total. The van der Waals surface area contributed by atoms with Crippen molar-refractivity contribution in [2.24, 2.45) is 3.77 Å². The summed E-state index contributed by atoms with van der Waals surface area (Å²) in [6.45, 7) is 1.83. The van der Waals surface area contributed by atoms with Gasteiger partial charge in [0.1, 0.15) is 8.94 Å².